The first kappa shape index (κ1) is 24.3. The lowest BCUT2D eigenvalue weighted by atomic mass is 10.1. The van der Waals surface area contributed by atoms with Crippen LogP contribution in [-0.4, -0.2) is 26.9 Å². The topological polar surface area (TPSA) is 102 Å². The lowest BCUT2D eigenvalue weighted by molar-refractivity contribution is 0.0526. The van der Waals surface area contributed by atoms with Crippen molar-refractivity contribution in [1.29, 1.82) is 0 Å². The van der Waals surface area contributed by atoms with Crippen LogP contribution in [0.4, 0.5) is 11.4 Å². The van der Waals surface area contributed by atoms with E-state index in [0.717, 1.165) is 5.56 Å². The summed E-state index contributed by atoms with van der Waals surface area (Å²) in [6.45, 7) is 5.37. The first-order valence-corrected chi connectivity index (χ1v) is 12.0. The molecule has 0 heterocycles. The van der Waals surface area contributed by atoms with Gasteiger partial charge >= 0.3 is 5.97 Å². The van der Waals surface area contributed by atoms with Crippen LogP contribution in [0.5, 0.6) is 0 Å². The molecule has 0 radical (unpaired) electrons. The molecule has 0 saturated heterocycles. The highest BCUT2D eigenvalue weighted by Gasteiger charge is 2.20. The molecule has 0 aromatic heterocycles. The number of nitrogens with one attached hydrogen (secondary N) is 2. The van der Waals surface area contributed by atoms with Gasteiger partial charge in [0.25, 0.3) is 15.9 Å². The molecule has 3 aromatic carbocycles. The van der Waals surface area contributed by atoms with Crippen LogP contribution in [0.25, 0.3) is 0 Å². The highest BCUT2D eigenvalue weighted by Crippen LogP contribution is 2.26. The van der Waals surface area contributed by atoms with Crippen molar-refractivity contribution in [1.82, 2.24) is 0 Å². The number of anilines is 2. The van der Waals surface area contributed by atoms with Crippen LogP contribution < -0.4 is 10.0 Å². The van der Waals surface area contributed by atoms with Crippen molar-refractivity contribution >= 4 is 44.9 Å². The number of carbonyl (C=O) groups excluding carboxylic acids is 2. The zero-order chi connectivity index (χ0) is 24.2. The van der Waals surface area contributed by atoms with E-state index in [2.05, 4.69) is 10.0 Å². The summed E-state index contributed by atoms with van der Waals surface area (Å²) < 4.78 is 33.5. The molecule has 0 fully saturated rings. The van der Waals surface area contributed by atoms with E-state index in [1.165, 1.54) is 30.3 Å². The molecule has 172 valence electrons. The molecule has 0 saturated carbocycles. The standard InChI is InChI=1S/C24H23ClN2O5S/c1-4-32-24(29)18-11-12-21(19(25)13-18)26-23(28)17-10-9-16(3)22(14-17)33(30,31)27-20-8-6-5-7-15(20)2/h5-14,27H,4H2,1-3H3,(H,26,28). The Hall–Kier alpha value is -3.36. The Morgan fingerprint density at radius 2 is 1.61 bits per heavy atom. The largest absolute Gasteiger partial charge is 0.462 e. The van der Waals surface area contributed by atoms with E-state index >= 15 is 0 Å². The summed E-state index contributed by atoms with van der Waals surface area (Å²) in [6, 6.07) is 15.8. The SMILES string of the molecule is CCOC(=O)c1ccc(NC(=O)c2ccc(C)c(S(=O)(=O)Nc3ccccc3C)c2)c(Cl)c1. The van der Waals surface area contributed by atoms with Crippen LogP contribution in [0.3, 0.4) is 0 Å². The molecule has 0 atom stereocenters. The Bertz CT molecular complexity index is 1320. The lowest BCUT2D eigenvalue weighted by Gasteiger charge is -2.14. The number of sulfonamides is 1. The molecule has 0 aliphatic rings. The second-order valence-electron chi connectivity index (χ2n) is 7.27. The van der Waals surface area contributed by atoms with Gasteiger partial charge in [0, 0.05) is 5.56 Å². The second kappa shape index (κ2) is 10.1. The molecule has 3 rings (SSSR count). The fourth-order valence-electron chi connectivity index (χ4n) is 3.07. The second-order valence-corrected chi connectivity index (χ2v) is 9.33. The Morgan fingerprint density at radius 1 is 0.909 bits per heavy atom. The van der Waals surface area contributed by atoms with Crippen molar-refractivity contribution in [3.8, 4) is 0 Å². The number of aryl methyl sites for hydroxylation is 2. The average molecular weight is 487 g/mol. The van der Waals surface area contributed by atoms with E-state index in [-0.39, 0.29) is 33.3 Å². The van der Waals surface area contributed by atoms with Gasteiger partial charge in [0.2, 0.25) is 0 Å². The van der Waals surface area contributed by atoms with Crippen LogP contribution in [0, 0.1) is 13.8 Å². The Morgan fingerprint density at radius 3 is 2.27 bits per heavy atom. The summed E-state index contributed by atoms with van der Waals surface area (Å²) in [5.74, 6) is -1.07. The van der Waals surface area contributed by atoms with Gasteiger partial charge in [0.1, 0.15) is 0 Å². The number of rotatable bonds is 7. The summed E-state index contributed by atoms with van der Waals surface area (Å²) in [6.07, 6.45) is 0. The van der Waals surface area contributed by atoms with E-state index < -0.39 is 21.9 Å². The average Bonchev–Trinajstić information content (AvgIpc) is 2.77. The first-order chi connectivity index (χ1) is 15.6. The van der Waals surface area contributed by atoms with Crippen LogP contribution in [-0.2, 0) is 14.8 Å². The minimum atomic E-state index is -3.93. The summed E-state index contributed by atoms with van der Waals surface area (Å²) in [5.41, 5.74) is 2.39. The van der Waals surface area contributed by atoms with Gasteiger partial charge in [-0.1, -0.05) is 35.9 Å². The number of ether oxygens (including phenoxy) is 1. The van der Waals surface area contributed by atoms with Crippen molar-refractivity contribution in [3.05, 3.63) is 87.9 Å². The van der Waals surface area contributed by atoms with Gasteiger partial charge in [0.15, 0.2) is 0 Å². The molecule has 0 bridgehead atoms. The number of hydrogen-bond acceptors (Lipinski definition) is 5. The van der Waals surface area contributed by atoms with Gasteiger partial charge in [-0.05, 0) is 68.3 Å². The Balaban J connectivity index is 1.85. The normalized spacial score (nSPS) is 11.0. The minimum absolute atomic E-state index is 0.0119. The van der Waals surface area contributed by atoms with E-state index in [1.807, 2.05) is 6.07 Å². The molecule has 0 aliphatic heterocycles. The zero-order valence-electron chi connectivity index (χ0n) is 18.3. The summed E-state index contributed by atoms with van der Waals surface area (Å²) >= 11 is 6.21. The maximum Gasteiger partial charge on any atom is 0.338 e. The van der Waals surface area contributed by atoms with Crippen molar-refractivity contribution in [2.75, 3.05) is 16.6 Å². The van der Waals surface area contributed by atoms with Gasteiger partial charge in [-0.25, -0.2) is 13.2 Å². The van der Waals surface area contributed by atoms with Crippen molar-refractivity contribution < 1.29 is 22.7 Å². The molecular formula is C24H23ClN2O5S. The Kier molecular flexibility index (Phi) is 7.40. The quantitative estimate of drug-likeness (QED) is 0.448. The van der Waals surface area contributed by atoms with Crippen LogP contribution >= 0.6 is 11.6 Å². The third-order valence-electron chi connectivity index (χ3n) is 4.86. The summed E-state index contributed by atoms with van der Waals surface area (Å²) in [4.78, 5) is 24.6. The van der Waals surface area contributed by atoms with E-state index in [0.29, 0.717) is 11.3 Å². The zero-order valence-corrected chi connectivity index (χ0v) is 19.9. The molecule has 0 unspecified atom stereocenters. The third kappa shape index (κ3) is 5.71. The smallest absolute Gasteiger partial charge is 0.338 e. The first-order valence-electron chi connectivity index (χ1n) is 10.1. The van der Waals surface area contributed by atoms with Crippen molar-refractivity contribution in [2.45, 2.75) is 25.7 Å². The van der Waals surface area contributed by atoms with Gasteiger partial charge in [0.05, 0.1) is 33.5 Å². The number of hydrogen-bond donors (Lipinski definition) is 2. The summed E-state index contributed by atoms with van der Waals surface area (Å²) in [7, 11) is -3.93. The number of halogens is 1. The van der Waals surface area contributed by atoms with Crippen LogP contribution in [0.15, 0.2) is 65.6 Å². The monoisotopic (exact) mass is 486 g/mol. The van der Waals surface area contributed by atoms with E-state index in [1.54, 1.807) is 45.0 Å². The van der Waals surface area contributed by atoms with Crippen molar-refractivity contribution in [3.63, 3.8) is 0 Å². The highest BCUT2D eigenvalue weighted by molar-refractivity contribution is 7.92. The number of esters is 1. The minimum Gasteiger partial charge on any atom is -0.462 e. The number of benzene rings is 3. The molecule has 9 heteroatoms. The van der Waals surface area contributed by atoms with Crippen LogP contribution in [0.1, 0.15) is 38.8 Å². The molecule has 33 heavy (non-hydrogen) atoms. The molecule has 0 spiro atoms. The Labute approximate surface area is 197 Å². The number of amides is 1. The van der Waals surface area contributed by atoms with Gasteiger partial charge in [-0.2, -0.15) is 0 Å². The maximum atomic E-state index is 13.0. The molecule has 2 N–H and O–H groups in total. The third-order valence-corrected chi connectivity index (χ3v) is 6.68. The van der Waals surface area contributed by atoms with Gasteiger partial charge in [-0.3, -0.25) is 9.52 Å². The van der Waals surface area contributed by atoms with E-state index in [4.69, 9.17) is 16.3 Å². The van der Waals surface area contributed by atoms with E-state index in [9.17, 15) is 18.0 Å². The van der Waals surface area contributed by atoms with Crippen molar-refractivity contribution in [2.24, 2.45) is 0 Å². The van der Waals surface area contributed by atoms with Crippen LogP contribution in [0.2, 0.25) is 5.02 Å². The summed E-state index contributed by atoms with van der Waals surface area (Å²) in [5, 5.41) is 2.79. The molecular weight excluding hydrogens is 464 g/mol. The van der Waals surface area contributed by atoms with Gasteiger partial charge in [-0.15, -0.1) is 0 Å². The van der Waals surface area contributed by atoms with Gasteiger partial charge < -0.3 is 10.1 Å². The highest BCUT2D eigenvalue weighted by atomic mass is 35.5. The fourth-order valence-corrected chi connectivity index (χ4v) is 4.70. The molecule has 3 aromatic rings. The molecule has 7 nitrogen and oxygen atoms in total. The maximum absolute atomic E-state index is 13.0. The fraction of sp³-hybridized carbons (Fsp3) is 0.167. The molecule has 0 aliphatic carbocycles. The lowest BCUT2D eigenvalue weighted by Crippen LogP contribution is -2.17. The predicted molar refractivity (Wildman–Crippen MR) is 129 cm³/mol. The predicted octanol–water partition coefficient (Wildman–Crippen LogP) is 5.19. The molecule has 1 amide bonds. The number of carbonyl (C=O) groups is 2. The number of para-hydroxylation sites is 1.